The number of rotatable bonds is 5. The molecule has 1 aromatic rings. The number of carbonyl (C=O) groups is 2. The first-order chi connectivity index (χ1) is 11.7. The molecule has 5 nitrogen and oxygen atoms in total. The highest BCUT2D eigenvalue weighted by atomic mass is 35.5. The maximum absolute atomic E-state index is 12.7. The van der Waals surface area contributed by atoms with E-state index in [1.54, 1.807) is 0 Å². The Labute approximate surface area is 155 Å². The van der Waals surface area contributed by atoms with Gasteiger partial charge in [0.25, 0.3) is 5.91 Å². The first kappa shape index (κ1) is 19.7. The molecule has 2 amide bonds. The minimum Gasteiger partial charge on any atom is -0.350 e. The summed E-state index contributed by atoms with van der Waals surface area (Å²) in [5, 5.41) is 6.39. The van der Waals surface area contributed by atoms with Gasteiger partial charge in [0.2, 0.25) is 5.91 Å². The minimum absolute atomic E-state index is 0. The topological polar surface area (TPSA) is 61.4 Å². The van der Waals surface area contributed by atoms with Crippen LogP contribution < -0.4 is 10.6 Å². The van der Waals surface area contributed by atoms with Crippen LogP contribution in [-0.2, 0) is 4.79 Å². The van der Waals surface area contributed by atoms with Crippen molar-refractivity contribution < 1.29 is 9.59 Å². The number of carbonyl (C=O) groups excluding carboxylic acids is 2. The second kappa shape index (κ2) is 9.78. The highest BCUT2D eigenvalue weighted by molar-refractivity contribution is 5.94. The monoisotopic (exact) mass is 365 g/mol. The van der Waals surface area contributed by atoms with Crippen LogP contribution in [0.5, 0.6) is 0 Å². The van der Waals surface area contributed by atoms with E-state index in [-0.39, 0.29) is 30.3 Å². The maximum Gasteiger partial charge on any atom is 0.251 e. The third kappa shape index (κ3) is 5.44. The average Bonchev–Trinajstić information content (AvgIpc) is 3.13. The highest BCUT2D eigenvalue weighted by Gasteiger charge is 2.29. The zero-order chi connectivity index (χ0) is 16.8. The van der Waals surface area contributed by atoms with Gasteiger partial charge in [-0.15, -0.1) is 12.4 Å². The number of hydrogen-bond donors (Lipinski definition) is 2. The largest absolute Gasteiger partial charge is 0.350 e. The normalized spacial score (nSPS) is 23.0. The van der Waals surface area contributed by atoms with Crippen molar-refractivity contribution in [2.75, 3.05) is 19.6 Å². The lowest BCUT2D eigenvalue weighted by Crippen LogP contribution is -2.50. The summed E-state index contributed by atoms with van der Waals surface area (Å²) in [6, 6.07) is 9.70. The van der Waals surface area contributed by atoms with E-state index < -0.39 is 0 Å². The van der Waals surface area contributed by atoms with Gasteiger partial charge in [0, 0.05) is 37.2 Å². The van der Waals surface area contributed by atoms with Crippen LogP contribution in [0, 0.1) is 0 Å². The van der Waals surface area contributed by atoms with Crippen LogP contribution in [0.3, 0.4) is 0 Å². The predicted octanol–water partition coefficient (Wildman–Crippen LogP) is 2.36. The van der Waals surface area contributed by atoms with Crippen LogP contribution in [-0.4, -0.2) is 48.4 Å². The van der Waals surface area contributed by atoms with Gasteiger partial charge in [-0.2, -0.15) is 0 Å². The fraction of sp³-hybridized carbons (Fsp3) is 0.579. The van der Waals surface area contributed by atoms with Gasteiger partial charge in [-0.1, -0.05) is 18.2 Å². The molecule has 2 atom stereocenters. The molecule has 25 heavy (non-hydrogen) atoms. The van der Waals surface area contributed by atoms with Gasteiger partial charge >= 0.3 is 0 Å². The second-order valence-electron chi connectivity index (χ2n) is 6.81. The number of hydrogen-bond acceptors (Lipinski definition) is 3. The molecule has 0 saturated carbocycles. The maximum atomic E-state index is 12.7. The van der Waals surface area contributed by atoms with Gasteiger partial charge in [0.05, 0.1) is 0 Å². The lowest BCUT2D eigenvalue weighted by Gasteiger charge is -2.36. The van der Waals surface area contributed by atoms with E-state index in [1.165, 1.54) is 0 Å². The summed E-state index contributed by atoms with van der Waals surface area (Å²) in [5.74, 6) is 0.166. The Morgan fingerprint density at radius 3 is 2.64 bits per heavy atom. The molecule has 2 unspecified atom stereocenters. The van der Waals surface area contributed by atoms with E-state index in [1.807, 2.05) is 35.2 Å². The molecule has 2 fully saturated rings. The Morgan fingerprint density at radius 1 is 1.12 bits per heavy atom. The van der Waals surface area contributed by atoms with E-state index in [9.17, 15) is 9.59 Å². The van der Waals surface area contributed by atoms with Crippen molar-refractivity contribution in [1.82, 2.24) is 15.5 Å². The molecule has 2 aliphatic rings. The highest BCUT2D eigenvalue weighted by Crippen LogP contribution is 2.19. The molecule has 0 aromatic heterocycles. The van der Waals surface area contributed by atoms with Crippen LogP contribution in [0.2, 0.25) is 0 Å². The van der Waals surface area contributed by atoms with Crippen molar-refractivity contribution in [3.63, 3.8) is 0 Å². The minimum atomic E-state index is -0.0639. The Hall–Kier alpha value is -1.59. The van der Waals surface area contributed by atoms with Crippen molar-refractivity contribution in [3.05, 3.63) is 35.9 Å². The Balaban J connectivity index is 0.00000225. The Morgan fingerprint density at radius 2 is 1.92 bits per heavy atom. The van der Waals surface area contributed by atoms with Crippen molar-refractivity contribution in [2.45, 2.75) is 50.6 Å². The molecular formula is C19H28ClN3O2. The second-order valence-corrected chi connectivity index (χ2v) is 6.81. The Bertz CT molecular complexity index is 561. The molecular weight excluding hydrogens is 338 g/mol. The summed E-state index contributed by atoms with van der Waals surface area (Å²) in [5.41, 5.74) is 0.668. The first-order valence-electron chi connectivity index (χ1n) is 9.10. The van der Waals surface area contributed by atoms with E-state index >= 15 is 0 Å². The molecule has 0 spiro atoms. The van der Waals surface area contributed by atoms with Crippen molar-refractivity contribution >= 4 is 24.2 Å². The van der Waals surface area contributed by atoms with Crippen molar-refractivity contribution in [2.24, 2.45) is 0 Å². The number of nitrogens with zero attached hydrogens (tertiary/aromatic N) is 1. The molecule has 1 aromatic carbocycles. The number of piperidine rings is 1. The number of amides is 2. The van der Waals surface area contributed by atoms with E-state index in [0.29, 0.717) is 24.6 Å². The molecule has 6 heteroatoms. The summed E-state index contributed by atoms with van der Waals surface area (Å²) < 4.78 is 0. The summed E-state index contributed by atoms with van der Waals surface area (Å²) in [6.45, 7) is 2.38. The number of nitrogens with one attached hydrogen (secondary N) is 2. The zero-order valence-electron chi connectivity index (χ0n) is 14.6. The van der Waals surface area contributed by atoms with Crippen LogP contribution >= 0.6 is 12.4 Å². The average molecular weight is 366 g/mol. The van der Waals surface area contributed by atoms with Gasteiger partial charge in [-0.05, 0) is 50.8 Å². The summed E-state index contributed by atoms with van der Waals surface area (Å²) in [4.78, 5) is 26.9. The lowest BCUT2D eigenvalue weighted by atomic mass is 10.0. The molecule has 3 rings (SSSR count). The van der Waals surface area contributed by atoms with Crippen molar-refractivity contribution in [3.8, 4) is 0 Å². The third-order valence-electron chi connectivity index (χ3n) is 5.07. The fourth-order valence-electron chi connectivity index (χ4n) is 3.70. The van der Waals surface area contributed by atoms with Crippen LogP contribution in [0.15, 0.2) is 30.3 Å². The molecule has 0 aliphatic carbocycles. The van der Waals surface area contributed by atoms with Gasteiger partial charge in [-0.3, -0.25) is 9.59 Å². The van der Waals surface area contributed by atoms with Crippen LogP contribution in [0.4, 0.5) is 0 Å². The molecule has 2 aliphatic heterocycles. The van der Waals surface area contributed by atoms with Crippen molar-refractivity contribution in [1.29, 1.82) is 0 Å². The number of likely N-dealkylation sites (tertiary alicyclic amines) is 1. The van der Waals surface area contributed by atoms with E-state index in [2.05, 4.69) is 10.6 Å². The number of benzene rings is 1. The summed E-state index contributed by atoms with van der Waals surface area (Å²) >= 11 is 0. The Kier molecular flexibility index (Phi) is 7.72. The lowest BCUT2D eigenvalue weighted by molar-refractivity contribution is -0.135. The van der Waals surface area contributed by atoms with Gasteiger partial charge in [-0.25, -0.2) is 0 Å². The standard InChI is InChI=1S/C19H27N3O2.ClH/c23-18(13-16-9-6-11-20-16)22-12-5-4-10-17(22)14-21-19(24)15-7-2-1-3-8-15;/h1-3,7-8,16-17,20H,4-6,9-14H2,(H,21,24);1H. The smallest absolute Gasteiger partial charge is 0.251 e. The molecule has 138 valence electrons. The van der Waals surface area contributed by atoms with Gasteiger partial charge in [0.15, 0.2) is 0 Å². The SMILES string of the molecule is Cl.O=C(NCC1CCCCN1C(=O)CC1CCCN1)c1ccccc1. The molecule has 2 N–H and O–H groups in total. The number of halogens is 1. The fourth-order valence-corrected chi connectivity index (χ4v) is 3.70. The first-order valence-corrected chi connectivity index (χ1v) is 9.10. The van der Waals surface area contributed by atoms with E-state index in [4.69, 9.17) is 0 Å². The van der Waals surface area contributed by atoms with Crippen LogP contribution in [0.1, 0.15) is 48.9 Å². The predicted molar refractivity (Wildman–Crippen MR) is 101 cm³/mol. The van der Waals surface area contributed by atoms with Gasteiger partial charge in [0.1, 0.15) is 0 Å². The molecule has 0 bridgehead atoms. The third-order valence-corrected chi connectivity index (χ3v) is 5.07. The molecule has 0 radical (unpaired) electrons. The molecule has 2 heterocycles. The van der Waals surface area contributed by atoms with E-state index in [0.717, 1.165) is 45.2 Å². The van der Waals surface area contributed by atoms with Gasteiger partial charge < -0.3 is 15.5 Å². The quantitative estimate of drug-likeness (QED) is 0.842. The summed E-state index contributed by atoms with van der Waals surface area (Å²) in [7, 11) is 0. The summed E-state index contributed by atoms with van der Waals surface area (Å²) in [6.07, 6.45) is 6.00. The zero-order valence-corrected chi connectivity index (χ0v) is 15.4. The van der Waals surface area contributed by atoms with Crippen LogP contribution in [0.25, 0.3) is 0 Å². The molecule has 2 saturated heterocycles.